The number of carboxylic acid groups (broad SMARTS) is 4. The molecule has 5 unspecified atom stereocenters. The Bertz CT molecular complexity index is 801. The minimum absolute atomic E-state index is 0.208. The molecule has 0 aromatic carbocycles. The third kappa shape index (κ3) is 11.2. The number of aliphatic carboxylic acids is 4. The van der Waals surface area contributed by atoms with Gasteiger partial charge in [-0.2, -0.15) is 0 Å². The largest absolute Gasteiger partial charge is 0.481 e. The second kappa shape index (κ2) is 14.4. The molecule has 3 amide bonds. The van der Waals surface area contributed by atoms with Crippen molar-refractivity contribution in [3.63, 3.8) is 0 Å². The summed E-state index contributed by atoms with van der Waals surface area (Å²) in [5.74, 6) is -9.51. The maximum Gasteiger partial charge on any atom is 0.326 e. The first-order valence-electron chi connectivity index (χ1n) is 10.2. The van der Waals surface area contributed by atoms with Crippen LogP contribution in [0.3, 0.4) is 0 Å². The van der Waals surface area contributed by atoms with Crippen molar-refractivity contribution in [2.75, 3.05) is 0 Å². The SMILES string of the molecule is CCC(C)C(NC(=O)C(N)CCC(=O)O)C(=O)NC(CC(=O)O)C(=O)NC(CC(=O)O)C(=O)O. The van der Waals surface area contributed by atoms with E-state index in [1.807, 2.05) is 5.32 Å². The van der Waals surface area contributed by atoms with Crippen LogP contribution in [-0.2, 0) is 33.6 Å². The van der Waals surface area contributed by atoms with E-state index < -0.39 is 90.9 Å². The zero-order chi connectivity index (χ0) is 26.6. The highest BCUT2D eigenvalue weighted by molar-refractivity contribution is 5.96. The van der Waals surface area contributed by atoms with Crippen molar-refractivity contribution >= 4 is 41.6 Å². The van der Waals surface area contributed by atoms with Gasteiger partial charge in [0.1, 0.15) is 18.1 Å². The molecule has 15 nitrogen and oxygen atoms in total. The van der Waals surface area contributed by atoms with Gasteiger partial charge in [-0.1, -0.05) is 20.3 Å². The van der Waals surface area contributed by atoms with E-state index in [9.17, 15) is 33.6 Å². The standard InChI is InChI=1S/C19H30N4O11/c1-3-8(2)15(23-16(30)9(20)4-5-12(24)25)18(32)21-10(6-13(26)27)17(31)22-11(19(33)34)7-14(28)29/h8-11,15H,3-7,20H2,1-2H3,(H,21,32)(H,22,31)(H,23,30)(H,24,25)(H,26,27)(H,28,29)(H,33,34). The first kappa shape index (κ1) is 30.2. The van der Waals surface area contributed by atoms with Gasteiger partial charge in [0.2, 0.25) is 17.7 Å². The molecular formula is C19H30N4O11. The molecule has 0 aliphatic rings. The average molecular weight is 490 g/mol. The van der Waals surface area contributed by atoms with Crippen LogP contribution >= 0.6 is 0 Å². The van der Waals surface area contributed by atoms with E-state index in [4.69, 9.17) is 26.2 Å². The Morgan fingerprint density at radius 2 is 1.24 bits per heavy atom. The number of nitrogens with one attached hydrogen (secondary N) is 3. The molecule has 34 heavy (non-hydrogen) atoms. The maximum atomic E-state index is 12.8. The molecule has 5 atom stereocenters. The Morgan fingerprint density at radius 1 is 0.735 bits per heavy atom. The molecule has 0 heterocycles. The normalized spacial score (nSPS) is 15.0. The van der Waals surface area contributed by atoms with Gasteiger partial charge in [-0.25, -0.2) is 4.79 Å². The summed E-state index contributed by atoms with van der Waals surface area (Å²) in [5.41, 5.74) is 5.64. The van der Waals surface area contributed by atoms with Gasteiger partial charge >= 0.3 is 23.9 Å². The summed E-state index contributed by atoms with van der Waals surface area (Å²) in [5, 5.41) is 42.0. The Labute approximate surface area is 194 Å². The fraction of sp³-hybridized carbons (Fsp3) is 0.632. The molecule has 0 saturated heterocycles. The molecule has 0 aromatic rings. The minimum Gasteiger partial charge on any atom is -0.481 e. The van der Waals surface area contributed by atoms with Crippen LogP contribution in [0.4, 0.5) is 0 Å². The van der Waals surface area contributed by atoms with E-state index in [1.165, 1.54) is 0 Å². The molecule has 0 fully saturated rings. The van der Waals surface area contributed by atoms with E-state index in [0.29, 0.717) is 6.42 Å². The highest BCUT2D eigenvalue weighted by atomic mass is 16.4. The summed E-state index contributed by atoms with van der Waals surface area (Å²) in [6.45, 7) is 3.26. The molecule has 0 rings (SSSR count). The second-order valence-corrected chi connectivity index (χ2v) is 7.57. The van der Waals surface area contributed by atoms with Crippen LogP contribution < -0.4 is 21.7 Å². The van der Waals surface area contributed by atoms with Crippen LogP contribution in [-0.4, -0.2) is 86.2 Å². The highest BCUT2D eigenvalue weighted by Gasteiger charge is 2.34. The molecule has 0 spiro atoms. The summed E-state index contributed by atoms with van der Waals surface area (Å²) < 4.78 is 0. The molecule has 0 aliphatic carbocycles. The van der Waals surface area contributed by atoms with Crippen molar-refractivity contribution < 1.29 is 54.0 Å². The molecule has 192 valence electrons. The third-order valence-electron chi connectivity index (χ3n) is 4.80. The van der Waals surface area contributed by atoms with Crippen molar-refractivity contribution in [2.45, 2.75) is 70.1 Å². The third-order valence-corrected chi connectivity index (χ3v) is 4.80. The van der Waals surface area contributed by atoms with E-state index in [1.54, 1.807) is 13.8 Å². The molecule has 0 saturated carbocycles. The molecule has 15 heteroatoms. The topological polar surface area (TPSA) is 263 Å². The Kier molecular flexibility index (Phi) is 12.8. The number of carbonyl (C=O) groups is 7. The van der Waals surface area contributed by atoms with Gasteiger partial charge in [-0.05, 0) is 12.3 Å². The van der Waals surface area contributed by atoms with Crippen molar-refractivity contribution in [2.24, 2.45) is 11.7 Å². The summed E-state index contributed by atoms with van der Waals surface area (Å²) in [4.78, 5) is 81.4. The van der Waals surface area contributed by atoms with Crippen LogP contribution in [0.15, 0.2) is 0 Å². The fourth-order valence-electron chi connectivity index (χ4n) is 2.66. The van der Waals surface area contributed by atoms with Crippen LogP contribution in [0.25, 0.3) is 0 Å². The number of hydrogen-bond donors (Lipinski definition) is 8. The quantitative estimate of drug-likeness (QED) is 0.114. The van der Waals surface area contributed by atoms with Gasteiger partial charge < -0.3 is 42.1 Å². The van der Waals surface area contributed by atoms with Gasteiger partial charge in [0, 0.05) is 6.42 Å². The van der Waals surface area contributed by atoms with Gasteiger partial charge in [0.05, 0.1) is 18.9 Å². The van der Waals surface area contributed by atoms with Crippen LogP contribution in [0.5, 0.6) is 0 Å². The predicted molar refractivity (Wildman–Crippen MR) is 112 cm³/mol. The number of amides is 3. The van der Waals surface area contributed by atoms with E-state index >= 15 is 0 Å². The number of nitrogens with two attached hydrogens (primary N) is 1. The predicted octanol–water partition coefficient (Wildman–Crippen LogP) is -2.29. The molecule has 9 N–H and O–H groups in total. The van der Waals surface area contributed by atoms with Crippen molar-refractivity contribution in [3.8, 4) is 0 Å². The smallest absolute Gasteiger partial charge is 0.326 e. The van der Waals surface area contributed by atoms with Gasteiger partial charge in [0.25, 0.3) is 0 Å². The van der Waals surface area contributed by atoms with E-state index in [-0.39, 0.29) is 6.42 Å². The zero-order valence-electron chi connectivity index (χ0n) is 18.6. The second-order valence-electron chi connectivity index (χ2n) is 7.57. The van der Waals surface area contributed by atoms with Gasteiger partial charge in [0.15, 0.2) is 0 Å². The van der Waals surface area contributed by atoms with E-state index in [0.717, 1.165) is 0 Å². The lowest BCUT2D eigenvalue weighted by molar-refractivity contribution is -0.148. The fourth-order valence-corrected chi connectivity index (χ4v) is 2.66. The molecule has 0 aromatic heterocycles. The maximum absolute atomic E-state index is 12.8. The lowest BCUT2D eigenvalue weighted by Gasteiger charge is -2.27. The number of hydrogen-bond acceptors (Lipinski definition) is 8. The zero-order valence-corrected chi connectivity index (χ0v) is 18.6. The first-order chi connectivity index (χ1) is 15.7. The number of carboxylic acids is 4. The van der Waals surface area contributed by atoms with Gasteiger partial charge in [-0.3, -0.25) is 28.8 Å². The summed E-state index contributed by atoms with van der Waals surface area (Å²) in [6.07, 6.45) is -2.19. The molecule has 0 radical (unpaired) electrons. The monoisotopic (exact) mass is 490 g/mol. The van der Waals surface area contributed by atoms with Crippen molar-refractivity contribution in [1.82, 2.24) is 16.0 Å². The summed E-state index contributed by atoms with van der Waals surface area (Å²) in [7, 11) is 0. The van der Waals surface area contributed by atoms with Crippen LogP contribution in [0, 0.1) is 5.92 Å². The lowest BCUT2D eigenvalue weighted by Crippen LogP contribution is -2.59. The van der Waals surface area contributed by atoms with Crippen molar-refractivity contribution in [1.29, 1.82) is 0 Å². The molecule has 0 aliphatic heterocycles. The van der Waals surface area contributed by atoms with Crippen molar-refractivity contribution in [3.05, 3.63) is 0 Å². The van der Waals surface area contributed by atoms with Gasteiger partial charge in [-0.15, -0.1) is 0 Å². The first-order valence-corrected chi connectivity index (χ1v) is 10.2. The summed E-state index contributed by atoms with van der Waals surface area (Å²) >= 11 is 0. The lowest BCUT2D eigenvalue weighted by atomic mass is 9.97. The summed E-state index contributed by atoms with van der Waals surface area (Å²) in [6, 6.07) is -6.20. The van der Waals surface area contributed by atoms with E-state index in [2.05, 4.69) is 10.6 Å². The molecule has 0 bridgehead atoms. The minimum atomic E-state index is -1.88. The Morgan fingerprint density at radius 3 is 1.68 bits per heavy atom. The Hall–Kier alpha value is -3.75. The number of rotatable bonds is 16. The highest BCUT2D eigenvalue weighted by Crippen LogP contribution is 2.10. The Balaban J connectivity index is 5.57. The number of carbonyl (C=O) groups excluding carboxylic acids is 3. The van der Waals surface area contributed by atoms with Crippen LogP contribution in [0.2, 0.25) is 0 Å². The molecular weight excluding hydrogens is 460 g/mol. The van der Waals surface area contributed by atoms with Crippen LogP contribution in [0.1, 0.15) is 46.0 Å². The average Bonchev–Trinajstić information content (AvgIpc) is 2.72.